The molecule has 1 spiro atoms. The Labute approximate surface area is 218 Å². The van der Waals surface area contributed by atoms with Crippen molar-refractivity contribution >= 4 is 23.8 Å². The lowest BCUT2D eigenvalue weighted by atomic mass is 9.94. The van der Waals surface area contributed by atoms with E-state index in [0.29, 0.717) is 45.2 Å². The van der Waals surface area contributed by atoms with E-state index in [0.717, 1.165) is 24.9 Å². The largest absolute Gasteiger partial charge is 0.469 e. The number of hydrogen-bond acceptors (Lipinski definition) is 7. The van der Waals surface area contributed by atoms with Crippen LogP contribution >= 0.6 is 0 Å². The second kappa shape index (κ2) is 11.6. The van der Waals surface area contributed by atoms with Crippen molar-refractivity contribution in [2.24, 2.45) is 5.92 Å². The van der Waals surface area contributed by atoms with Gasteiger partial charge in [0.1, 0.15) is 17.7 Å². The molecule has 202 valence electrons. The first-order valence-electron chi connectivity index (χ1n) is 13.4. The van der Waals surface area contributed by atoms with Crippen molar-refractivity contribution in [3.05, 3.63) is 35.9 Å². The molecule has 3 saturated heterocycles. The molecule has 0 bridgehead atoms. The molecule has 2 amide bonds. The Bertz CT molecular complexity index is 1000. The van der Waals surface area contributed by atoms with E-state index in [1.165, 1.54) is 7.11 Å². The summed E-state index contributed by atoms with van der Waals surface area (Å²) in [6, 6.07) is 8.79. The molecule has 5 atom stereocenters. The predicted molar refractivity (Wildman–Crippen MR) is 136 cm³/mol. The quantitative estimate of drug-likeness (QED) is 0.478. The van der Waals surface area contributed by atoms with Crippen LogP contribution in [0.3, 0.4) is 0 Å². The van der Waals surface area contributed by atoms with Crippen LogP contribution in [-0.4, -0.2) is 84.0 Å². The normalized spacial score (nSPS) is 27.4. The highest BCUT2D eigenvalue weighted by molar-refractivity contribution is 5.94. The zero-order valence-electron chi connectivity index (χ0n) is 22.1. The van der Waals surface area contributed by atoms with Gasteiger partial charge in [-0.3, -0.25) is 24.1 Å². The van der Waals surface area contributed by atoms with Crippen LogP contribution in [0.2, 0.25) is 0 Å². The Morgan fingerprint density at radius 3 is 2.62 bits per heavy atom. The third kappa shape index (κ3) is 5.81. The summed E-state index contributed by atoms with van der Waals surface area (Å²) in [5.74, 6) is -0.936. The molecule has 3 fully saturated rings. The molecule has 9 heteroatoms. The molecule has 4 rings (SSSR count). The Balaban J connectivity index is 1.41. The summed E-state index contributed by atoms with van der Waals surface area (Å²) in [6.07, 6.45) is 4.01. The van der Waals surface area contributed by atoms with Crippen molar-refractivity contribution in [3.8, 4) is 0 Å². The van der Waals surface area contributed by atoms with Gasteiger partial charge in [-0.05, 0) is 64.1 Å². The number of ether oxygens (including phenoxy) is 2. The molecule has 0 aromatic heterocycles. The Hall–Kier alpha value is -2.94. The fourth-order valence-corrected chi connectivity index (χ4v) is 6.05. The van der Waals surface area contributed by atoms with Crippen LogP contribution in [0.15, 0.2) is 30.3 Å². The first kappa shape index (κ1) is 27.1. The van der Waals surface area contributed by atoms with Crippen LogP contribution in [-0.2, 0) is 35.1 Å². The standard InChI is InChI=1S/C28H39N3O6/c1-19-17-23(37-26(19)34)22(18-21-9-5-4-6-10-21)29-25(33)20(2)31-16-13-28(27(31)35)12-8-15-30(28)14-7-11-24(32)36-3/h4-6,9-10,19-20,22-23H,7-8,11-18H2,1-3H3,(H,29,33)/t19-,20+,22+,23+,28-/m1/s1. The number of cyclic esters (lactones) is 1. The summed E-state index contributed by atoms with van der Waals surface area (Å²) in [5, 5.41) is 3.11. The summed E-state index contributed by atoms with van der Waals surface area (Å²) in [5.41, 5.74) is 0.450. The first-order valence-corrected chi connectivity index (χ1v) is 13.4. The summed E-state index contributed by atoms with van der Waals surface area (Å²) < 4.78 is 10.4. The number of nitrogens with one attached hydrogen (secondary N) is 1. The Morgan fingerprint density at radius 2 is 1.95 bits per heavy atom. The lowest BCUT2D eigenvalue weighted by molar-refractivity contribution is -0.146. The van der Waals surface area contributed by atoms with Crippen LogP contribution in [0.25, 0.3) is 0 Å². The Morgan fingerprint density at radius 1 is 1.19 bits per heavy atom. The highest BCUT2D eigenvalue weighted by atomic mass is 16.6. The zero-order chi connectivity index (χ0) is 26.6. The fraction of sp³-hybridized carbons (Fsp3) is 0.643. The molecule has 3 aliphatic heterocycles. The van der Waals surface area contributed by atoms with E-state index in [2.05, 4.69) is 10.2 Å². The third-order valence-electron chi connectivity index (χ3n) is 8.26. The Kier molecular flexibility index (Phi) is 8.52. The van der Waals surface area contributed by atoms with Crippen molar-refractivity contribution in [2.75, 3.05) is 26.7 Å². The van der Waals surface area contributed by atoms with E-state index in [1.807, 2.05) is 37.3 Å². The second-order valence-corrected chi connectivity index (χ2v) is 10.6. The van der Waals surface area contributed by atoms with E-state index in [4.69, 9.17) is 9.47 Å². The molecular formula is C28H39N3O6. The molecule has 37 heavy (non-hydrogen) atoms. The number of rotatable bonds is 10. The van der Waals surface area contributed by atoms with Crippen LogP contribution in [0.4, 0.5) is 0 Å². The van der Waals surface area contributed by atoms with Gasteiger partial charge in [-0.15, -0.1) is 0 Å². The topological polar surface area (TPSA) is 105 Å². The van der Waals surface area contributed by atoms with Gasteiger partial charge >= 0.3 is 11.9 Å². The van der Waals surface area contributed by atoms with E-state index in [-0.39, 0.29) is 35.7 Å². The second-order valence-electron chi connectivity index (χ2n) is 10.6. The maximum atomic E-state index is 13.7. The highest BCUT2D eigenvalue weighted by Gasteiger charge is 2.54. The highest BCUT2D eigenvalue weighted by Crippen LogP contribution is 2.39. The maximum Gasteiger partial charge on any atom is 0.309 e. The number of nitrogens with zero attached hydrogens (tertiary/aromatic N) is 2. The number of hydrogen-bond donors (Lipinski definition) is 1. The molecule has 0 aliphatic carbocycles. The molecule has 1 N–H and O–H groups in total. The van der Waals surface area contributed by atoms with Crippen LogP contribution in [0.1, 0.15) is 57.9 Å². The lowest BCUT2D eigenvalue weighted by Gasteiger charge is -2.34. The summed E-state index contributed by atoms with van der Waals surface area (Å²) in [6.45, 7) is 5.59. The van der Waals surface area contributed by atoms with E-state index in [9.17, 15) is 19.2 Å². The number of likely N-dealkylation sites (tertiary alicyclic amines) is 2. The van der Waals surface area contributed by atoms with Crippen LogP contribution in [0.5, 0.6) is 0 Å². The molecular weight excluding hydrogens is 474 g/mol. The molecule has 3 aliphatic rings. The lowest BCUT2D eigenvalue weighted by Crippen LogP contribution is -2.56. The number of carbonyl (C=O) groups is 4. The molecule has 0 unspecified atom stereocenters. The molecule has 1 aromatic rings. The number of esters is 2. The van der Waals surface area contributed by atoms with E-state index >= 15 is 0 Å². The third-order valence-corrected chi connectivity index (χ3v) is 8.26. The van der Waals surface area contributed by atoms with Crippen molar-refractivity contribution in [2.45, 2.75) is 82.5 Å². The van der Waals surface area contributed by atoms with Gasteiger partial charge in [-0.25, -0.2) is 0 Å². The summed E-state index contributed by atoms with van der Waals surface area (Å²) in [4.78, 5) is 54.7. The molecule has 0 radical (unpaired) electrons. The molecule has 1 aromatic carbocycles. The van der Waals surface area contributed by atoms with Gasteiger partial charge in [-0.2, -0.15) is 0 Å². The number of benzene rings is 1. The number of methoxy groups -OCH3 is 1. The van der Waals surface area contributed by atoms with Crippen molar-refractivity contribution in [1.82, 2.24) is 15.1 Å². The number of carbonyl (C=O) groups excluding carboxylic acids is 4. The average molecular weight is 514 g/mol. The zero-order valence-corrected chi connectivity index (χ0v) is 22.1. The SMILES string of the molecule is COC(=O)CCCN1CCC[C@]12CCN([C@@H](C)C(=O)N[C@@H](Cc1ccccc1)[C@@H]1C[C@@H](C)C(=O)O1)C2=O. The van der Waals surface area contributed by atoms with Crippen LogP contribution < -0.4 is 5.32 Å². The molecule has 0 saturated carbocycles. The van der Waals surface area contributed by atoms with E-state index < -0.39 is 17.7 Å². The predicted octanol–water partition coefficient (Wildman–Crippen LogP) is 2.07. The minimum absolute atomic E-state index is 0.00811. The van der Waals surface area contributed by atoms with Crippen molar-refractivity contribution in [3.63, 3.8) is 0 Å². The average Bonchev–Trinajstić information content (AvgIpc) is 3.56. The summed E-state index contributed by atoms with van der Waals surface area (Å²) in [7, 11) is 1.38. The number of amides is 2. The van der Waals surface area contributed by atoms with Gasteiger partial charge < -0.3 is 19.7 Å². The smallest absolute Gasteiger partial charge is 0.309 e. The summed E-state index contributed by atoms with van der Waals surface area (Å²) >= 11 is 0. The minimum Gasteiger partial charge on any atom is -0.469 e. The van der Waals surface area contributed by atoms with Gasteiger partial charge in [0.2, 0.25) is 11.8 Å². The van der Waals surface area contributed by atoms with Crippen molar-refractivity contribution < 1.29 is 28.7 Å². The van der Waals surface area contributed by atoms with Gasteiger partial charge in [0, 0.05) is 13.0 Å². The minimum atomic E-state index is -0.641. The van der Waals surface area contributed by atoms with Crippen LogP contribution in [0, 0.1) is 5.92 Å². The maximum absolute atomic E-state index is 13.7. The molecule has 3 heterocycles. The van der Waals surface area contributed by atoms with E-state index in [1.54, 1.807) is 11.8 Å². The van der Waals surface area contributed by atoms with Gasteiger partial charge in [0.05, 0.1) is 19.1 Å². The molecule has 9 nitrogen and oxygen atoms in total. The fourth-order valence-electron chi connectivity index (χ4n) is 6.05. The van der Waals surface area contributed by atoms with Gasteiger partial charge in [0.25, 0.3) is 0 Å². The van der Waals surface area contributed by atoms with Gasteiger partial charge in [0.15, 0.2) is 0 Å². The van der Waals surface area contributed by atoms with Gasteiger partial charge in [-0.1, -0.05) is 37.3 Å². The first-order chi connectivity index (χ1) is 17.7. The van der Waals surface area contributed by atoms with Crippen molar-refractivity contribution in [1.29, 1.82) is 0 Å². The monoisotopic (exact) mass is 513 g/mol.